The molecule has 0 fully saturated rings. The van der Waals surface area contributed by atoms with Crippen LogP contribution in [0.1, 0.15) is 40.5 Å². The van der Waals surface area contributed by atoms with Gasteiger partial charge in [-0.3, -0.25) is 4.79 Å². The molecule has 0 radical (unpaired) electrons. The molecule has 10 heteroatoms. The molecular weight excluding hydrogens is 500 g/mol. The van der Waals surface area contributed by atoms with Crippen molar-refractivity contribution in [2.75, 3.05) is 11.9 Å². The average molecular weight is 525 g/mol. The van der Waals surface area contributed by atoms with Crippen LogP contribution in [-0.4, -0.2) is 36.4 Å². The van der Waals surface area contributed by atoms with E-state index in [1.807, 2.05) is 4.57 Å². The molecule has 1 aliphatic heterocycles. The Morgan fingerprint density at radius 2 is 1.72 bits per heavy atom. The van der Waals surface area contributed by atoms with Gasteiger partial charge >= 0.3 is 6.03 Å². The van der Waals surface area contributed by atoms with Gasteiger partial charge in [0.2, 0.25) is 9.84 Å². The van der Waals surface area contributed by atoms with Gasteiger partial charge in [-0.15, -0.1) is 0 Å². The van der Waals surface area contributed by atoms with Gasteiger partial charge in [-0.1, -0.05) is 42.0 Å². The van der Waals surface area contributed by atoms with Gasteiger partial charge in [-0.05, 0) is 49.2 Å². The lowest BCUT2D eigenvalue weighted by Gasteiger charge is -2.29. The van der Waals surface area contributed by atoms with E-state index in [1.54, 1.807) is 47.4 Å². The van der Waals surface area contributed by atoms with Crippen molar-refractivity contribution < 1.29 is 18.0 Å². The highest BCUT2D eigenvalue weighted by Gasteiger charge is 2.33. The summed E-state index contributed by atoms with van der Waals surface area (Å²) in [7, 11) is -3.65. The first-order valence-corrected chi connectivity index (χ1v) is 13.5. The topological polar surface area (TPSA) is 114 Å². The predicted molar refractivity (Wildman–Crippen MR) is 137 cm³/mol. The van der Waals surface area contributed by atoms with Gasteiger partial charge in [-0.2, -0.15) is 0 Å². The van der Waals surface area contributed by atoms with Crippen molar-refractivity contribution in [2.24, 2.45) is 5.73 Å². The van der Waals surface area contributed by atoms with Crippen molar-refractivity contribution in [3.8, 4) is 0 Å². The molecule has 1 aliphatic carbocycles. The number of nitrogens with zero attached hydrogens (tertiary/aromatic N) is 2. The third kappa shape index (κ3) is 4.29. The summed E-state index contributed by atoms with van der Waals surface area (Å²) < 4.78 is 27.6. The molecule has 2 heterocycles. The van der Waals surface area contributed by atoms with Gasteiger partial charge in [0.25, 0.3) is 5.91 Å². The van der Waals surface area contributed by atoms with Crippen molar-refractivity contribution in [3.63, 3.8) is 0 Å². The summed E-state index contributed by atoms with van der Waals surface area (Å²) in [5.74, 6) is -0.616. The SMILES string of the molecule is NC(=O)c1c2c(n(C3C=CCC3)c1Cl)CCN(C(=O)Nc1ccc(S(=O)(=O)c3ccccc3)cc1)C2. The number of nitrogens with one attached hydrogen (secondary N) is 1. The van der Waals surface area contributed by atoms with Crippen LogP contribution in [0, 0.1) is 0 Å². The molecule has 36 heavy (non-hydrogen) atoms. The molecule has 1 atom stereocenters. The molecule has 0 spiro atoms. The maximum atomic E-state index is 13.0. The summed E-state index contributed by atoms with van der Waals surface area (Å²) >= 11 is 6.61. The number of hydrogen-bond acceptors (Lipinski definition) is 4. The molecule has 3 amide bonds. The molecule has 1 unspecified atom stereocenters. The van der Waals surface area contributed by atoms with Gasteiger partial charge in [0.1, 0.15) is 5.15 Å². The minimum Gasteiger partial charge on any atom is -0.365 e. The maximum Gasteiger partial charge on any atom is 0.322 e. The zero-order chi connectivity index (χ0) is 25.4. The number of sulfone groups is 1. The number of carbonyl (C=O) groups excluding carboxylic acids is 2. The highest BCUT2D eigenvalue weighted by Crippen LogP contribution is 2.37. The van der Waals surface area contributed by atoms with E-state index < -0.39 is 15.7 Å². The molecule has 0 saturated heterocycles. The number of rotatable bonds is 5. The molecular formula is C26H25ClN4O4S. The zero-order valence-corrected chi connectivity index (χ0v) is 20.9. The Bertz CT molecular complexity index is 1460. The van der Waals surface area contributed by atoms with Gasteiger partial charge < -0.3 is 20.5 Å². The van der Waals surface area contributed by atoms with Crippen LogP contribution < -0.4 is 11.1 Å². The number of halogens is 1. The van der Waals surface area contributed by atoms with Gasteiger partial charge in [0.05, 0.1) is 27.9 Å². The van der Waals surface area contributed by atoms with E-state index in [-0.39, 0.29) is 34.0 Å². The molecule has 2 aliphatic rings. The van der Waals surface area contributed by atoms with Crippen molar-refractivity contribution in [3.05, 3.63) is 88.7 Å². The largest absolute Gasteiger partial charge is 0.365 e. The fourth-order valence-corrected chi connectivity index (χ4v) is 6.58. The summed E-state index contributed by atoms with van der Waals surface area (Å²) in [5, 5.41) is 3.13. The molecule has 1 aromatic heterocycles. The van der Waals surface area contributed by atoms with Crippen molar-refractivity contribution in [2.45, 2.75) is 41.6 Å². The lowest BCUT2D eigenvalue weighted by molar-refractivity contribution is 0.0998. The van der Waals surface area contributed by atoms with E-state index in [0.29, 0.717) is 29.4 Å². The van der Waals surface area contributed by atoms with Gasteiger partial charge in [0.15, 0.2) is 0 Å². The van der Waals surface area contributed by atoms with Crippen LogP contribution in [0.5, 0.6) is 0 Å². The lowest BCUT2D eigenvalue weighted by atomic mass is 10.0. The quantitative estimate of drug-likeness (QED) is 0.476. The van der Waals surface area contributed by atoms with Gasteiger partial charge in [-0.25, -0.2) is 13.2 Å². The van der Waals surface area contributed by atoms with Crippen LogP contribution >= 0.6 is 11.6 Å². The fraction of sp³-hybridized carbons (Fsp3) is 0.231. The first kappa shape index (κ1) is 24.1. The minimum atomic E-state index is -3.65. The number of urea groups is 1. The van der Waals surface area contributed by atoms with E-state index in [2.05, 4.69) is 17.5 Å². The standard InChI is InChI=1S/C26H25ClN4O4S/c27-24-23(25(28)32)21-16-30(15-14-22(21)31(24)18-6-4-5-7-18)26(33)29-17-10-12-20(13-11-17)36(34,35)19-8-2-1-3-9-19/h1-4,6,8-13,18H,5,7,14-16H2,(H2,28,32)(H,29,33). The summed E-state index contributed by atoms with van der Waals surface area (Å²) in [6, 6.07) is 13.9. The van der Waals surface area contributed by atoms with E-state index >= 15 is 0 Å². The Morgan fingerprint density at radius 3 is 2.36 bits per heavy atom. The molecule has 3 aromatic rings. The number of fused-ring (bicyclic) bond motifs is 1. The Hall–Kier alpha value is -3.56. The third-order valence-electron chi connectivity index (χ3n) is 6.65. The Labute approximate surface area is 214 Å². The Balaban J connectivity index is 1.34. The number of primary amides is 1. The normalized spacial score (nSPS) is 17.1. The van der Waals surface area contributed by atoms with Crippen molar-refractivity contribution in [1.29, 1.82) is 0 Å². The second kappa shape index (κ2) is 9.48. The third-order valence-corrected chi connectivity index (χ3v) is 8.80. The smallest absolute Gasteiger partial charge is 0.322 e. The van der Waals surface area contributed by atoms with Gasteiger partial charge in [0, 0.05) is 29.9 Å². The van der Waals surface area contributed by atoms with Crippen LogP contribution in [0.15, 0.2) is 76.5 Å². The second-order valence-corrected chi connectivity index (χ2v) is 11.1. The number of carbonyl (C=O) groups is 2. The maximum absolute atomic E-state index is 13.0. The molecule has 0 bridgehead atoms. The molecule has 3 N–H and O–H groups in total. The van der Waals surface area contributed by atoms with E-state index in [1.165, 1.54) is 12.1 Å². The molecule has 0 saturated carbocycles. The fourth-order valence-electron chi connectivity index (χ4n) is 4.86. The lowest BCUT2D eigenvalue weighted by Crippen LogP contribution is -2.39. The van der Waals surface area contributed by atoms with Crippen molar-refractivity contribution in [1.82, 2.24) is 9.47 Å². The number of nitrogens with two attached hydrogens (primary N) is 1. The van der Waals surface area contributed by atoms with Crippen molar-refractivity contribution >= 4 is 39.1 Å². The molecule has 8 nitrogen and oxygen atoms in total. The van der Waals surface area contributed by atoms with E-state index in [4.69, 9.17) is 17.3 Å². The van der Waals surface area contributed by atoms with Crippen LogP contribution in [0.2, 0.25) is 5.15 Å². The van der Waals surface area contributed by atoms with Crippen LogP contribution in [0.25, 0.3) is 0 Å². The van der Waals surface area contributed by atoms with Crippen LogP contribution in [0.3, 0.4) is 0 Å². The number of anilines is 1. The number of allylic oxidation sites excluding steroid dienone is 2. The summed E-state index contributed by atoms with van der Waals surface area (Å²) in [6.07, 6.45) is 6.56. The molecule has 5 rings (SSSR count). The number of benzene rings is 2. The summed E-state index contributed by atoms with van der Waals surface area (Å²) in [4.78, 5) is 27.2. The first-order valence-electron chi connectivity index (χ1n) is 11.6. The van der Waals surface area contributed by atoms with E-state index in [0.717, 1.165) is 18.5 Å². The average Bonchev–Trinajstić information content (AvgIpc) is 3.49. The number of hydrogen-bond donors (Lipinski definition) is 2. The Morgan fingerprint density at radius 1 is 1.03 bits per heavy atom. The minimum absolute atomic E-state index is 0.0744. The summed E-state index contributed by atoms with van der Waals surface area (Å²) in [5.41, 5.74) is 8.00. The summed E-state index contributed by atoms with van der Waals surface area (Å²) in [6.45, 7) is 0.636. The van der Waals surface area contributed by atoms with Crippen LogP contribution in [-0.2, 0) is 22.8 Å². The zero-order valence-electron chi connectivity index (χ0n) is 19.4. The van der Waals surface area contributed by atoms with Crippen LogP contribution in [0.4, 0.5) is 10.5 Å². The highest BCUT2D eigenvalue weighted by atomic mass is 35.5. The number of amides is 3. The second-order valence-electron chi connectivity index (χ2n) is 8.84. The molecule has 2 aromatic carbocycles. The Kier molecular flexibility index (Phi) is 6.36. The first-order chi connectivity index (χ1) is 17.3. The van der Waals surface area contributed by atoms with E-state index in [9.17, 15) is 18.0 Å². The number of aromatic nitrogens is 1. The predicted octanol–water partition coefficient (Wildman–Crippen LogP) is 4.55. The highest BCUT2D eigenvalue weighted by molar-refractivity contribution is 7.91. The monoisotopic (exact) mass is 524 g/mol. The molecule has 186 valence electrons.